The standard InChI is InChI=1S/C21H23Cl3N6O/c1-9-21(30-11-4-6-15(30)18(31)12(25)8-11)27-19(23)14(26-9)7-10-3-5-13-16(17(10)22)20(24)29(2)28-13/h3,5,11-12,15,18,31H,4,6-8,25H2,1-2H3/t11-,12+,15+,18+/m1/s1. The van der Waals surface area contributed by atoms with Crippen molar-refractivity contribution >= 4 is 51.5 Å². The SMILES string of the molecule is Cc1nc(Cc2ccc3nn(C)c(Cl)c3c2Cl)c(Cl)nc1N1[C@@H]2CC[C@H]1[C@@H](O)[C@@H](N)C2. The number of hydrogen-bond acceptors (Lipinski definition) is 6. The molecule has 2 aliphatic heterocycles. The summed E-state index contributed by atoms with van der Waals surface area (Å²) in [4.78, 5) is 11.6. The molecule has 0 spiro atoms. The Morgan fingerprint density at radius 2 is 1.97 bits per heavy atom. The molecule has 2 fully saturated rings. The fourth-order valence-corrected chi connectivity index (χ4v) is 5.80. The van der Waals surface area contributed by atoms with E-state index in [-0.39, 0.29) is 18.1 Å². The lowest BCUT2D eigenvalue weighted by molar-refractivity contribution is 0.0979. The van der Waals surface area contributed by atoms with Gasteiger partial charge in [0.1, 0.15) is 5.15 Å². The van der Waals surface area contributed by atoms with Gasteiger partial charge in [0.2, 0.25) is 0 Å². The van der Waals surface area contributed by atoms with Crippen LogP contribution in [-0.4, -0.2) is 49.1 Å². The number of hydrogen-bond donors (Lipinski definition) is 2. The molecule has 4 atom stereocenters. The highest BCUT2D eigenvalue weighted by Crippen LogP contribution is 2.40. The van der Waals surface area contributed by atoms with Gasteiger partial charge in [-0.05, 0) is 37.8 Å². The van der Waals surface area contributed by atoms with Crippen LogP contribution in [0.2, 0.25) is 15.3 Å². The van der Waals surface area contributed by atoms with Crippen LogP contribution in [0, 0.1) is 6.92 Å². The van der Waals surface area contributed by atoms with Crippen molar-refractivity contribution in [3.8, 4) is 0 Å². The van der Waals surface area contributed by atoms with Crippen molar-refractivity contribution in [1.82, 2.24) is 19.7 Å². The summed E-state index contributed by atoms with van der Waals surface area (Å²) in [5.41, 5.74) is 9.13. The molecule has 7 nitrogen and oxygen atoms in total. The third-order valence-electron chi connectivity index (χ3n) is 6.54. The number of nitrogens with zero attached hydrogens (tertiary/aromatic N) is 5. The Morgan fingerprint density at radius 3 is 2.74 bits per heavy atom. The monoisotopic (exact) mass is 480 g/mol. The zero-order valence-electron chi connectivity index (χ0n) is 17.2. The Hall–Kier alpha value is -1.64. The molecule has 2 bridgehead atoms. The van der Waals surface area contributed by atoms with E-state index in [2.05, 4.69) is 10.00 Å². The molecule has 0 aliphatic carbocycles. The number of anilines is 1. The van der Waals surface area contributed by atoms with Gasteiger partial charge >= 0.3 is 0 Å². The summed E-state index contributed by atoms with van der Waals surface area (Å²) in [6.07, 6.45) is 2.46. The van der Waals surface area contributed by atoms with Crippen LogP contribution in [0.1, 0.15) is 36.2 Å². The van der Waals surface area contributed by atoms with Crippen molar-refractivity contribution in [2.24, 2.45) is 12.8 Å². The molecular formula is C21H23Cl3N6O. The number of aliphatic hydroxyl groups excluding tert-OH is 1. The average molecular weight is 482 g/mol. The Balaban J connectivity index is 1.49. The highest BCUT2D eigenvalue weighted by atomic mass is 35.5. The largest absolute Gasteiger partial charge is 0.389 e. The van der Waals surface area contributed by atoms with Crippen LogP contribution in [0.15, 0.2) is 12.1 Å². The Labute approximate surface area is 195 Å². The highest BCUT2D eigenvalue weighted by Gasteiger charge is 2.46. The molecule has 2 saturated heterocycles. The van der Waals surface area contributed by atoms with Gasteiger partial charge in [-0.15, -0.1) is 0 Å². The summed E-state index contributed by atoms with van der Waals surface area (Å²) in [7, 11) is 1.78. The number of halogens is 3. The first-order valence-corrected chi connectivity index (χ1v) is 11.4. The summed E-state index contributed by atoms with van der Waals surface area (Å²) in [6, 6.07) is 3.81. The smallest absolute Gasteiger partial charge is 0.153 e. The summed E-state index contributed by atoms with van der Waals surface area (Å²) in [5, 5.41) is 17.0. The van der Waals surface area contributed by atoms with Crippen LogP contribution in [0.4, 0.5) is 5.82 Å². The normalized spacial score (nSPS) is 25.6. The zero-order chi connectivity index (χ0) is 22.0. The van der Waals surface area contributed by atoms with E-state index in [1.165, 1.54) is 0 Å². The van der Waals surface area contributed by atoms with Crippen LogP contribution >= 0.6 is 34.8 Å². The van der Waals surface area contributed by atoms with Crippen LogP contribution in [0.5, 0.6) is 0 Å². The molecular weight excluding hydrogens is 459 g/mol. The molecule has 10 heteroatoms. The van der Waals surface area contributed by atoms with Crippen LogP contribution in [0.25, 0.3) is 10.9 Å². The number of aromatic nitrogens is 4. The minimum Gasteiger partial charge on any atom is -0.389 e. The molecule has 1 aromatic carbocycles. The van der Waals surface area contributed by atoms with Crippen molar-refractivity contribution in [3.63, 3.8) is 0 Å². The van der Waals surface area contributed by atoms with Crippen LogP contribution < -0.4 is 10.6 Å². The first kappa shape index (κ1) is 21.2. The molecule has 0 unspecified atom stereocenters. The maximum atomic E-state index is 10.6. The van der Waals surface area contributed by atoms with Gasteiger partial charge in [-0.25, -0.2) is 4.98 Å². The lowest BCUT2D eigenvalue weighted by Gasteiger charge is -2.42. The van der Waals surface area contributed by atoms with E-state index in [0.717, 1.165) is 47.2 Å². The molecule has 2 aromatic heterocycles. The average Bonchev–Trinajstić information content (AvgIpc) is 3.22. The summed E-state index contributed by atoms with van der Waals surface area (Å²) in [5.74, 6) is 0.726. The summed E-state index contributed by atoms with van der Waals surface area (Å²) >= 11 is 19.6. The predicted octanol–water partition coefficient (Wildman–Crippen LogP) is 3.65. The molecule has 3 aromatic rings. The van der Waals surface area contributed by atoms with Gasteiger partial charge in [-0.1, -0.05) is 40.9 Å². The minimum absolute atomic E-state index is 0.0479. The predicted molar refractivity (Wildman–Crippen MR) is 123 cm³/mol. The van der Waals surface area contributed by atoms with Gasteiger partial charge in [0.05, 0.1) is 39.5 Å². The number of rotatable bonds is 3. The lowest BCUT2D eigenvalue weighted by atomic mass is 9.95. The number of fused-ring (bicyclic) bond motifs is 3. The Bertz CT molecular complexity index is 1180. The second-order valence-corrected chi connectivity index (χ2v) is 9.58. The molecule has 5 rings (SSSR count). The minimum atomic E-state index is -0.576. The van der Waals surface area contributed by atoms with Crippen LogP contribution in [-0.2, 0) is 13.5 Å². The van der Waals surface area contributed by atoms with Crippen molar-refractivity contribution in [2.75, 3.05) is 4.90 Å². The third kappa shape index (κ3) is 3.38. The topological polar surface area (TPSA) is 93.1 Å². The third-order valence-corrected chi connectivity index (χ3v) is 7.71. The number of piperidine rings is 1. The number of aryl methyl sites for hydroxylation is 2. The quantitative estimate of drug-likeness (QED) is 0.593. The molecule has 0 radical (unpaired) electrons. The van der Waals surface area contributed by atoms with Gasteiger partial charge in [0, 0.05) is 25.6 Å². The molecule has 0 amide bonds. The van der Waals surface area contributed by atoms with Crippen molar-refractivity contribution in [2.45, 2.75) is 56.8 Å². The lowest BCUT2D eigenvalue weighted by Crippen LogP contribution is -2.57. The van der Waals surface area contributed by atoms with Gasteiger partial charge in [0.25, 0.3) is 0 Å². The van der Waals surface area contributed by atoms with Gasteiger partial charge in [-0.2, -0.15) is 5.10 Å². The van der Waals surface area contributed by atoms with Crippen molar-refractivity contribution < 1.29 is 5.11 Å². The maximum absolute atomic E-state index is 10.6. The first-order chi connectivity index (χ1) is 14.8. The second-order valence-electron chi connectivity index (χ2n) is 8.49. The number of aliphatic hydroxyl groups is 1. The van der Waals surface area contributed by atoms with E-state index in [1.807, 2.05) is 19.1 Å². The fourth-order valence-electron chi connectivity index (χ4n) is 5.01. The van der Waals surface area contributed by atoms with E-state index < -0.39 is 6.10 Å². The van der Waals surface area contributed by atoms with E-state index in [0.29, 0.717) is 27.4 Å². The fraction of sp³-hybridized carbons (Fsp3) is 0.476. The molecule has 4 heterocycles. The molecule has 0 saturated carbocycles. The van der Waals surface area contributed by atoms with Crippen molar-refractivity contribution in [3.05, 3.63) is 44.4 Å². The Morgan fingerprint density at radius 1 is 1.19 bits per heavy atom. The number of benzene rings is 1. The molecule has 164 valence electrons. The van der Waals surface area contributed by atoms with Crippen molar-refractivity contribution in [1.29, 1.82) is 0 Å². The van der Waals surface area contributed by atoms with E-state index in [9.17, 15) is 5.11 Å². The van der Waals surface area contributed by atoms with E-state index in [4.69, 9.17) is 50.5 Å². The Kier molecular flexibility index (Phi) is 5.30. The first-order valence-electron chi connectivity index (χ1n) is 10.3. The molecule has 31 heavy (non-hydrogen) atoms. The summed E-state index contributed by atoms with van der Waals surface area (Å²) < 4.78 is 1.60. The van der Waals surface area contributed by atoms with Gasteiger partial charge in [0.15, 0.2) is 11.0 Å². The van der Waals surface area contributed by atoms with Gasteiger partial charge < -0.3 is 15.7 Å². The number of nitrogens with two attached hydrogens (primary N) is 1. The van der Waals surface area contributed by atoms with Gasteiger partial charge in [-0.3, -0.25) is 9.67 Å². The van der Waals surface area contributed by atoms with E-state index >= 15 is 0 Å². The summed E-state index contributed by atoms with van der Waals surface area (Å²) in [6.45, 7) is 1.92. The molecule has 2 aliphatic rings. The molecule has 3 N–H and O–H groups in total. The highest BCUT2D eigenvalue weighted by molar-refractivity contribution is 6.42. The van der Waals surface area contributed by atoms with Crippen LogP contribution in [0.3, 0.4) is 0 Å². The van der Waals surface area contributed by atoms with E-state index in [1.54, 1.807) is 11.7 Å². The second kappa shape index (κ2) is 7.74. The zero-order valence-corrected chi connectivity index (χ0v) is 19.5. The maximum Gasteiger partial charge on any atom is 0.153 e.